The number of nitrogens with zero attached hydrogens (tertiary/aromatic N) is 1. The number of benzene rings is 1. The van der Waals surface area contributed by atoms with Gasteiger partial charge in [0.1, 0.15) is 5.82 Å². The first kappa shape index (κ1) is 13.9. The van der Waals surface area contributed by atoms with Gasteiger partial charge in [-0.3, -0.25) is 0 Å². The van der Waals surface area contributed by atoms with Crippen LogP contribution in [0.15, 0.2) is 24.3 Å². The summed E-state index contributed by atoms with van der Waals surface area (Å²) in [5.41, 5.74) is 0.122. The van der Waals surface area contributed by atoms with Crippen molar-refractivity contribution in [1.29, 1.82) is 0 Å². The third-order valence-electron chi connectivity index (χ3n) is 2.80. The third kappa shape index (κ3) is 3.68. The molecule has 0 radical (unpaired) electrons. The van der Waals surface area contributed by atoms with Crippen LogP contribution in [0.1, 0.15) is 13.8 Å². The number of hydrogen-bond acceptors (Lipinski definition) is 3. The van der Waals surface area contributed by atoms with Gasteiger partial charge in [-0.05, 0) is 25.6 Å². The van der Waals surface area contributed by atoms with E-state index in [2.05, 4.69) is 5.32 Å². The van der Waals surface area contributed by atoms with E-state index >= 15 is 0 Å². The Morgan fingerprint density at radius 1 is 1.41 bits per heavy atom. The maximum Gasteiger partial charge on any atom is 0.146 e. The van der Waals surface area contributed by atoms with E-state index in [1.54, 1.807) is 18.2 Å². The molecule has 0 fully saturated rings. The van der Waals surface area contributed by atoms with Crippen molar-refractivity contribution in [2.75, 3.05) is 31.6 Å². The third-order valence-corrected chi connectivity index (χ3v) is 2.80. The number of anilines is 1. The fourth-order valence-corrected chi connectivity index (χ4v) is 1.96. The molecule has 0 aliphatic heterocycles. The van der Waals surface area contributed by atoms with Crippen LogP contribution in [0.4, 0.5) is 10.1 Å². The van der Waals surface area contributed by atoms with Crippen LogP contribution in [0.3, 0.4) is 0 Å². The summed E-state index contributed by atoms with van der Waals surface area (Å²) in [6.07, 6.45) is 0. The van der Waals surface area contributed by atoms with Crippen molar-refractivity contribution >= 4 is 5.69 Å². The van der Waals surface area contributed by atoms with Gasteiger partial charge in [0.15, 0.2) is 0 Å². The minimum atomic E-state index is -0.425. The summed E-state index contributed by atoms with van der Waals surface area (Å²) in [4.78, 5) is 1.81. The molecule has 1 aromatic carbocycles. The predicted octanol–water partition coefficient (Wildman–Crippen LogP) is 1.62. The fraction of sp³-hybridized carbons (Fsp3) is 0.538. The first-order valence-electron chi connectivity index (χ1n) is 5.84. The molecule has 1 aromatic rings. The smallest absolute Gasteiger partial charge is 0.146 e. The maximum absolute atomic E-state index is 13.6. The summed E-state index contributed by atoms with van der Waals surface area (Å²) in [7, 11) is 1.82. The normalized spacial score (nSPS) is 14.4. The van der Waals surface area contributed by atoms with Crippen molar-refractivity contribution in [2.45, 2.75) is 19.4 Å². The lowest BCUT2D eigenvalue weighted by Crippen LogP contribution is -2.53. The van der Waals surface area contributed by atoms with E-state index in [4.69, 9.17) is 0 Å². The molecule has 0 saturated heterocycles. The van der Waals surface area contributed by atoms with Gasteiger partial charge in [0.25, 0.3) is 0 Å². The molecule has 1 rings (SSSR count). The van der Waals surface area contributed by atoms with Crippen LogP contribution in [0, 0.1) is 5.82 Å². The first-order valence-corrected chi connectivity index (χ1v) is 5.84. The molecule has 0 aliphatic carbocycles. The van der Waals surface area contributed by atoms with Gasteiger partial charge >= 0.3 is 0 Å². The highest BCUT2D eigenvalue weighted by Crippen LogP contribution is 2.19. The molecular formula is C13H21FN2O. The number of aliphatic hydroxyl groups is 1. The van der Waals surface area contributed by atoms with Crippen molar-refractivity contribution in [3.8, 4) is 0 Å². The number of likely N-dealkylation sites (N-methyl/N-ethyl adjacent to an activating group) is 2. The van der Waals surface area contributed by atoms with Gasteiger partial charge in [0, 0.05) is 13.6 Å². The van der Waals surface area contributed by atoms with Crippen molar-refractivity contribution in [2.24, 2.45) is 0 Å². The number of aliphatic hydroxyl groups excluding tert-OH is 1. The molecule has 96 valence electrons. The zero-order valence-corrected chi connectivity index (χ0v) is 10.7. The number of nitrogens with one attached hydrogen (secondary N) is 1. The minimum Gasteiger partial charge on any atom is -0.394 e. The van der Waals surface area contributed by atoms with Gasteiger partial charge < -0.3 is 15.3 Å². The maximum atomic E-state index is 13.6. The Bertz CT molecular complexity index is 359. The molecule has 0 amide bonds. The van der Waals surface area contributed by atoms with Crippen molar-refractivity contribution in [3.05, 3.63) is 30.1 Å². The van der Waals surface area contributed by atoms with E-state index in [1.807, 2.05) is 25.8 Å². The van der Waals surface area contributed by atoms with Crippen LogP contribution in [-0.4, -0.2) is 37.4 Å². The Balaban J connectivity index is 2.77. The standard InChI is InChI=1S/C13H21FN2O/c1-4-15-13(2,10-17)9-16(3)12-8-6-5-7-11(12)14/h5-8,15,17H,4,9-10H2,1-3H3. The number of rotatable bonds is 6. The Kier molecular flexibility index (Phi) is 4.90. The lowest BCUT2D eigenvalue weighted by Gasteiger charge is -2.34. The number of para-hydroxylation sites is 1. The molecule has 17 heavy (non-hydrogen) atoms. The Labute approximate surface area is 102 Å². The molecule has 0 aromatic heterocycles. The molecule has 0 spiro atoms. The van der Waals surface area contributed by atoms with Crippen molar-refractivity contribution < 1.29 is 9.50 Å². The largest absolute Gasteiger partial charge is 0.394 e. The highest BCUT2D eigenvalue weighted by Gasteiger charge is 2.24. The summed E-state index contributed by atoms with van der Waals surface area (Å²) in [5.74, 6) is -0.244. The summed E-state index contributed by atoms with van der Waals surface area (Å²) in [5, 5.41) is 12.6. The predicted molar refractivity (Wildman–Crippen MR) is 68.8 cm³/mol. The van der Waals surface area contributed by atoms with E-state index in [0.29, 0.717) is 12.2 Å². The van der Waals surface area contributed by atoms with Crippen LogP contribution in [0.5, 0.6) is 0 Å². The Hall–Kier alpha value is -1.13. The molecule has 1 atom stereocenters. The Morgan fingerprint density at radius 2 is 2.06 bits per heavy atom. The average Bonchev–Trinajstić information content (AvgIpc) is 2.29. The zero-order chi connectivity index (χ0) is 12.9. The van der Waals surface area contributed by atoms with Crippen LogP contribution in [-0.2, 0) is 0 Å². The van der Waals surface area contributed by atoms with Gasteiger partial charge in [-0.25, -0.2) is 4.39 Å². The van der Waals surface area contributed by atoms with Gasteiger partial charge in [-0.15, -0.1) is 0 Å². The summed E-state index contributed by atoms with van der Waals surface area (Å²) >= 11 is 0. The van der Waals surface area contributed by atoms with E-state index in [1.165, 1.54) is 6.07 Å². The van der Waals surface area contributed by atoms with E-state index in [0.717, 1.165) is 6.54 Å². The van der Waals surface area contributed by atoms with E-state index in [-0.39, 0.29) is 12.4 Å². The monoisotopic (exact) mass is 240 g/mol. The highest BCUT2D eigenvalue weighted by molar-refractivity contribution is 5.47. The zero-order valence-electron chi connectivity index (χ0n) is 10.7. The lowest BCUT2D eigenvalue weighted by atomic mass is 10.0. The molecule has 0 bridgehead atoms. The summed E-state index contributed by atoms with van der Waals surface area (Å²) < 4.78 is 13.6. The fourth-order valence-electron chi connectivity index (χ4n) is 1.96. The molecule has 0 saturated carbocycles. The molecule has 4 heteroatoms. The van der Waals surface area contributed by atoms with Crippen LogP contribution in [0.25, 0.3) is 0 Å². The average molecular weight is 240 g/mol. The SMILES string of the molecule is CCNC(C)(CO)CN(C)c1ccccc1F. The number of halogens is 1. The summed E-state index contributed by atoms with van der Waals surface area (Å²) in [6, 6.07) is 6.65. The topological polar surface area (TPSA) is 35.5 Å². The van der Waals surface area contributed by atoms with Gasteiger partial charge in [0.2, 0.25) is 0 Å². The van der Waals surface area contributed by atoms with Crippen molar-refractivity contribution in [1.82, 2.24) is 5.32 Å². The molecule has 0 heterocycles. The second-order valence-corrected chi connectivity index (χ2v) is 4.56. The minimum absolute atomic E-state index is 0.0135. The van der Waals surface area contributed by atoms with Crippen LogP contribution < -0.4 is 10.2 Å². The van der Waals surface area contributed by atoms with Crippen molar-refractivity contribution in [3.63, 3.8) is 0 Å². The number of hydrogen-bond donors (Lipinski definition) is 2. The van der Waals surface area contributed by atoms with Crippen LogP contribution >= 0.6 is 0 Å². The molecule has 3 nitrogen and oxygen atoms in total. The molecule has 0 aliphatic rings. The second kappa shape index (κ2) is 5.98. The van der Waals surface area contributed by atoms with E-state index < -0.39 is 5.54 Å². The molecule has 1 unspecified atom stereocenters. The molecular weight excluding hydrogens is 219 g/mol. The van der Waals surface area contributed by atoms with Gasteiger partial charge in [0.05, 0.1) is 17.8 Å². The van der Waals surface area contributed by atoms with E-state index in [9.17, 15) is 9.50 Å². The van der Waals surface area contributed by atoms with Gasteiger partial charge in [-0.2, -0.15) is 0 Å². The lowest BCUT2D eigenvalue weighted by molar-refractivity contribution is 0.180. The molecule has 2 N–H and O–H groups in total. The van der Waals surface area contributed by atoms with Gasteiger partial charge in [-0.1, -0.05) is 19.1 Å². The highest BCUT2D eigenvalue weighted by atomic mass is 19.1. The Morgan fingerprint density at radius 3 is 2.59 bits per heavy atom. The first-order chi connectivity index (χ1) is 8.02. The summed E-state index contributed by atoms with van der Waals surface area (Å²) in [6.45, 7) is 5.23. The second-order valence-electron chi connectivity index (χ2n) is 4.56. The van der Waals surface area contributed by atoms with Crippen LogP contribution in [0.2, 0.25) is 0 Å². The quantitative estimate of drug-likeness (QED) is 0.793.